The van der Waals surface area contributed by atoms with E-state index in [1.54, 1.807) is 12.6 Å². The van der Waals surface area contributed by atoms with Crippen molar-refractivity contribution in [1.29, 1.82) is 0 Å². The molecule has 1 aliphatic heterocycles. The van der Waals surface area contributed by atoms with Gasteiger partial charge < -0.3 is 4.42 Å². The van der Waals surface area contributed by atoms with Crippen molar-refractivity contribution >= 4 is 11.0 Å². The second-order valence-corrected chi connectivity index (χ2v) is 11.1. The maximum Gasteiger partial charge on any atom is 0.265 e. The number of benzene rings is 2. The molecule has 37 heavy (non-hydrogen) atoms. The Bertz CT molecular complexity index is 1520. The van der Waals surface area contributed by atoms with Crippen molar-refractivity contribution in [3.63, 3.8) is 0 Å². The molecule has 7 heteroatoms. The van der Waals surface area contributed by atoms with E-state index in [0.29, 0.717) is 35.3 Å². The number of hydrogen-bond acceptors (Lipinski definition) is 4. The minimum absolute atomic E-state index is 0.0284. The first kappa shape index (κ1) is 24.0. The molecular formula is C30H34FN4O2+. The molecule has 6 rings (SSSR count). The fourth-order valence-corrected chi connectivity index (χ4v) is 6.02. The number of likely N-dealkylation sites (tertiary alicyclic amines) is 1. The first-order valence-electron chi connectivity index (χ1n) is 13.3. The van der Waals surface area contributed by atoms with Crippen molar-refractivity contribution in [2.45, 2.75) is 58.2 Å². The van der Waals surface area contributed by atoms with Gasteiger partial charge >= 0.3 is 0 Å². The molecule has 0 N–H and O–H groups in total. The number of rotatable bonds is 5. The van der Waals surface area contributed by atoms with Gasteiger partial charge in [-0.1, -0.05) is 23.7 Å². The Morgan fingerprint density at radius 1 is 1.22 bits per heavy atom. The van der Waals surface area contributed by atoms with E-state index in [2.05, 4.69) is 23.0 Å². The van der Waals surface area contributed by atoms with Crippen LogP contribution in [0.4, 0.5) is 4.39 Å². The van der Waals surface area contributed by atoms with Crippen LogP contribution in [0.2, 0.25) is 0 Å². The van der Waals surface area contributed by atoms with E-state index in [4.69, 9.17) is 4.42 Å². The largest absolute Gasteiger partial charge is 0.463 e. The van der Waals surface area contributed by atoms with Gasteiger partial charge in [-0.25, -0.2) is 8.96 Å². The van der Waals surface area contributed by atoms with E-state index in [9.17, 15) is 9.18 Å². The highest BCUT2D eigenvalue weighted by Crippen LogP contribution is 2.42. The summed E-state index contributed by atoms with van der Waals surface area (Å²) in [6.07, 6.45) is 7.92. The van der Waals surface area contributed by atoms with Crippen LogP contribution in [0.1, 0.15) is 55.2 Å². The minimum Gasteiger partial charge on any atom is -0.463 e. The number of fused-ring (bicyclic) bond motifs is 1. The molecule has 3 heterocycles. The molecule has 2 aromatic carbocycles. The van der Waals surface area contributed by atoms with Crippen LogP contribution in [0.3, 0.4) is 0 Å². The Balaban J connectivity index is 1.40. The molecule has 0 radical (unpaired) electrons. The smallest absolute Gasteiger partial charge is 0.265 e. The highest BCUT2D eigenvalue weighted by molar-refractivity contribution is 5.84. The SMILES string of the molecule is Cc1cc(CN2CCC[C@H](C)C2)cc2c(=O)c(-c3ccc(-n4c[n+](C)cn4)c(C4CC(F)C4)c3)coc12. The van der Waals surface area contributed by atoms with E-state index >= 15 is 0 Å². The van der Waals surface area contributed by atoms with Crippen molar-refractivity contribution in [3.05, 3.63) is 76.2 Å². The number of piperidine rings is 1. The molecule has 4 aromatic rings. The summed E-state index contributed by atoms with van der Waals surface area (Å²) < 4.78 is 23.6. The van der Waals surface area contributed by atoms with E-state index in [-0.39, 0.29) is 11.3 Å². The molecule has 0 amide bonds. The number of aromatic nitrogens is 3. The van der Waals surface area contributed by atoms with Gasteiger partial charge in [0.2, 0.25) is 11.8 Å². The number of halogens is 1. The molecule has 6 nitrogen and oxygen atoms in total. The summed E-state index contributed by atoms with van der Waals surface area (Å²) in [5.41, 5.74) is 6.00. The average Bonchev–Trinajstić information content (AvgIpc) is 3.28. The summed E-state index contributed by atoms with van der Waals surface area (Å²) >= 11 is 0. The molecule has 0 unspecified atom stereocenters. The predicted molar refractivity (Wildman–Crippen MR) is 142 cm³/mol. The number of nitrogens with zero attached hydrogens (tertiary/aromatic N) is 4. The molecule has 1 atom stereocenters. The molecule has 1 saturated heterocycles. The summed E-state index contributed by atoms with van der Waals surface area (Å²) in [5, 5.41) is 5.06. The average molecular weight is 502 g/mol. The summed E-state index contributed by atoms with van der Waals surface area (Å²) in [5.74, 6) is 0.810. The van der Waals surface area contributed by atoms with Crippen molar-refractivity contribution in [2.24, 2.45) is 13.0 Å². The van der Waals surface area contributed by atoms with Crippen LogP contribution >= 0.6 is 0 Å². The minimum atomic E-state index is -0.773. The zero-order valence-electron chi connectivity index (χ0n) is 21.8. The Hall–Kier alpha value is -3.32. The van der Waals surface area contributed by atoms with Gasteiger partial charge in [-0.3, -0.25) is 9.69 Å². The van der Waals surface area contributed by atoms with Gasteiger partial charge in [-0.15, -0.1) is 0 Å². The first-order chi connectivity index (χ1) is 17.9. The van der Waals surface area contributed by atoms with Gasteiger partial charge in [0.25, 0.3) is 6.33 Å². The summed E-state index contributed by atoms with van der Waals surface area (Å²) in [6, 6.07) is 10.1. The van der Waals surface area contributed by atoms with Crippen molar-refractivity contribution in [1.82, 2.24) is 14.7 Å². The lowest BCUT2D eigenvalue weighted by Crippen LogP contribution is -2.33. The Kier molecular flexibility index (Phi) is 6.19. The van der Waals surface area contributed by atoms with Crippen LogP contribution in [0, 0.1) is 12.8 Å². The van der Waals surface area contributed by atoms with Gasteiger partial charge in [0, 0.05) is 18.2 Å². The molecule has 0 spiro atoms. The van der Waals surface area contributed by atoms with Crippen molar-refractivity contribution in [2.75, 3.05) is 13.1 Å². The van der Waals surface area contributed by atoms with Crippen LogP contribution in [-0.4, -0.2) is 33.9 Å². The van der Waals surface area contributed by atoms with Crippen molar-refractivity contribution in [3.8, 4) is 16.8 Å². The summed E-state index contributed by atoms with van der Waals surface area (Å²) in [6.45, 7) is 7.35. The van der Waals surface area contributed by atoms with Gasteiger partial charge in [0.05, 0.1) is 18.0 Å². The molecule has 1 aliphatic carbocycles. The lowest BCUT2D eigenvalue weighted by atomic mass is 9.77. The molecular weight excluding hydrogens is 467 g/mol. The Morgan fingerprint density at radius 3 is 2.78 bits per heavy atom. The van der Waals surface area contributed by atoms with Gasteiger partial charge in [0.1, 0.15) is 23.7 Å². The number of aryl methyl sites for hydroxylation is 2. The maximum absolute atomic E-state index is 13.8. The van der Waals surface area contributed by atoms with Gasteiger partial charge in [-0.05, 0) is 91.4 Å². The summed E-state index contributed by atoms with van der Waals surface area (Å²) in [4.78, 5) is 16.3. The summed E-state index contributed by atoms with van der Waals surface area (Å²) in [7, 11) is 1.92. The fourth-order valence-electron chi connectivity index (χ4n) is 6.02. The van der Waals surface area contributed by atoms with E-state index in [1.165, 1.54) is 12.8 Å². The lowest BCUT2D eigenvalue weighted by molar-refractivity contribution is -0.672. The normalized spacial score (nSPS) is 22.3. The third-order valence-electron chi connectivity index (χ3n) is 8.02. The van der Waals surface area contributed by atoms with Crippen LogP contribution in [0.15, 0.2) is 58.5 Å². The van der Waals surface area contributed by atoms with Gasteiger partial charge in [0.15, 0.2) is 0 Å². The zero-order chi connectivity index (χ0) is 25.7. The first-order valence-corrected chi connectivity index (χ1v) is 13.3. The number of alkyl halides is 1. The predicted octanol–water partition coefficient (Wildman–Crippen LogP) is 5.23. The standard InChI is InChI=1S/C30H34FN4O2/c1-19-5-4-8-34(14-19)15-21-9-20(2)30-26(10-21)29(36)27(16-37-30)22-6-7-28(35-18-33(3)17-32-35)25(13-22)23-11-24(31)12-23/h6-7,9-10,13,16-19,23-24H,4-5,8,11-12,14-15H2,1-3H3/q+1/t19-,23?,24?/m0/s1. The van der Waals surface area contributed by atoms with E-state index < -0.39 is 6.17 Å². The molecule has 0 bridgehead atoms. The second kappa shape index (κ2) is 9.53. The molecule has 2 aliphatic rings. The highest BCUT2D eigenvalue weighted by atomic mass is 19.1. The van der Waals surface area contributed by atoms with Crippen LogP contribution < -0.4 is 10.00 Å². The fraction of sp³-hybridized carbons (Fsp3) is 0.433. The molecule has 2 aromatic heterocycles. The van der Waals surface area contributed by atoms with Crippen LogP contribution in [0.25, 0.3) is 27.8 Å². The van der Waals surface area contributed by atoms with Crippen LogP contribution in [-0.2, 0) is 13.6 Å². The van der Waals surface area contributed by atoms with E-state index in [1.807, 2.05) is 53.8 Å². The third-order valence-corrected chi connectivity index (χ3v) is 8.02. The zero-order valence-corrected chi connectivity index (χ0v) is 21.8. The second-order valence-electron chi connectivity index (χ2n) is 11.1. The number of hydrogen-bond donors (Lipinski definition) is 0. The molecule has 192 valence electrons. The Morgan fingerprint density at radius 2 is 2.05 bits per heavy atom. The maximum atomic E-state index is 13.8. The quantitative estimate of drug-likeness (QED) is 0.352. The lowest BCUT2D eigenvalue weighted by Gasteiger charge is -2.31. The molecule has 1 saturated carbocycles. The molecule has 2 fully saturated rings. The Labute approximate surface area is 216 Å². The third kappa shape index (κ3) is 4.61. The highest BCUT2D eigenvalue weighted by Gasteiger charge is 2.33. The van der Waals surface area contributed by atoms with Gasteiger partial charge in [-0.2, -0.15) is 0 Å². The topological polar surface area (TPSA) is 55.2 Å². The van der Waals surface area contributed by atoms with Crippen LogP contribution in [0.5, 0.6) is 0 Å². The van der Waals surface area contributed by atoms with E-state index in [0.717, 1.165) is 47.6 Å². The van der Waals surface area contributed by atoms with Crippen molar-refractivity contribution < 1.29 is 13.4 Å². The monoisotopic (exact) mass is 501 g/mol.